The van der Waals surface area contributed by atoms with E-state index < -0.39 is 11.2 Å². The molecule has 6 heteroatoms. The minimum Gasteiger partial charge on any atom is -0.494 e. The highest BCUT2D eigenvalue weighted by molar-refractivity contribution is 6.42. The quantitative estimate of drug-likeness (QED) is 0.586. The van der Waals surface area contributed by atoms with E-state index in [1.165, 1.54) is 13.2 Å². The van der Waals surface area contributed by atoms with Crippen LogP contribution < -0.4 is 4.74 Å². The largest absolute Gasteiger partial charge is 0.494 e. The third kappa shape index (κ3) is 3.24. The predicted octanol–water partition coefficient (Wildman–Crippen LogP) is 5.65. The highest BCUT2D eigenvalue weighted by Gasteiger charge is 2.28. The Hall–Kier alpha value is -2.04. The lowest BCUT2D eigenvalue weighted by molar-refractivity contribution is 0.386. The summed E-state index contributed by atoms with van der Waals surface area (Å²) in [6.07, 6.45) is 3.49. The molecule has 0 aliphatic heterocycles. The smallest absolute Gasteiger partial charge is 0.165 e. The maximum atomic E-state index is 13.7. The van der Waals surface area contributed by atoms with E-state index in [1.54, 1.807) is 30.7 Å². The SMILES string of the molecule is COc1cc(-n2cncc2C(C)(C)c2ccc(Cl)c(Cl)c2)ccc1F. The monoisotopic (exact) mass is 378 g/mol. The summed E-state index contributed by atoms with van der Waals surface area (Å²) in [4.78, 5) is 4.28. The standard InChI is InChI=1S/C19H17Cl2FN2O/c1-19(2,12-4-6-14(20)15(21)8-12)18-10-23-11-24(18)13-5-7-16(22)17(9-13)25-3/h4-11H,1-3H3. The maximum absolute atomic E-state index is 13.7. The zero-order chi connectivity index (χ0) is 18.2. The van der Waals surface area contributed by atoms with Crippen molar-refractivity contribution in [3.05, 3.63) is 76.0 Å². The van der Waals surface area contributed by atoms with Crippen molar-refractivity contribution in [2.45, 2.75) is 19.3 Å². The molecule has 130 valence electrons. The summed E-state index contributed by atoms with van der Waals surface area (Å²) in [6.45, 7) is 4.14. The first-order chi connectivity index (χ1) is 11.8. The minimum atomic E-state index is -0.406. The van der Waals surface area contributed by atoms with Gasteiger partial charge in [0.25, 0.3) is 0 Å². The van der Waals surface area contributed by atoms with Gasteiger partial charge in [-0.3, -0.25) is 0 Å². The second kappa shape index (κ2) is 6.70. The average molecular weight is 379 g/mol. The molecule has 1 aromatic heterocycles. The van der Waals surface area contributed by atoms with Crippen LogP contribution in [0, 0.1) is 5.82 Å². The van der Waals surface area contributed by atoms with Gasteiger partial charge in [-0.1, -0.05) is 43.1 Å². The van der Waals surface area contributed by atoms with Crippen LogP contribution in [0.25, 0.3) is 5.69 Å². The van der Waals surface area contributed by atoms with Crippen molar-refractivity contribution in [2.75, 3.05) is 7.11 Å². The first-order valence-electron chi connectivity index (χ1n) is 7.67. The Morgan fingerprint density at radius 1 is 1.08 bits per heavy atom. The van der Waals surface area contributed by atoms with Crippen LogP contribution in [0.4, 0.5) is 4.39 Å². The number of benzene rings is 2. The van der Waals surface area contributed by atoms with Crippen LogP contribution in [0.5, 0.6) is 5.75 Å². The summed E-state index contributed by atoms with van der Waals surface area (Å²) in [5.74, 6) is -0.221. The van der Waals surface area contributed by atoms with Crippen LogP contribution in [-0.2, 0) is 5.41 Å². The van der Waals surface area contributed by atoms with Crippen LogP contribution in [-0.4, -0.2) is 16.7 Å². The molecule has 0 spiro atoms. The second-order valence-electron chi connectivity index (χ2n) is 6.22. The van der Waals surface area contributed by atoms with Gasteiger partial charge in [-0.25, -0.2) is 9.37 Å². The van der Waals surface area contributed by atoms with E-state index in [-0.39, 0.29) is 5.75 Å². The van der Waals surface area contributed by atoms with Crippen molar-refractivity contribution in [3.8, 4) is 11.4 Å². The van der Waals surface area contributed by atoms with Crippen molar-refractivity contribution in [2.24, 2.45) is 0 Å². The van der Waals surface area contributed by atoms with Gasteiger partial charge in [-0.05, 0) is 29.8 Å². The molecule has 0 N–H and O–H groups in total. The highest BCUT2D eigenvalue weighted by Crippen LogP contribution is 2.36. The number of nitrogens with zero attached hydrogens (tertiary/aromatic N) is 2. The molecule has 0 saturated heterocycles. The Morgan fingerprint density at radius 2 is 1.84 bits per heavy atom. The van der Waals surface area contributed by atoms with Gasteiger partial charge in [0.05, 0.1) is 34.9 Å². The first kappa shape index (κ1) is 17.8. The molecule has 0 unspecified atom stereocenters. The molecule has 3 aromatic rings. The van der Waals surface area contributed by atoms with Crippen molar-refractivity contribution in [1.82, 2.24) is 9.55 Å². The van der Waals surface area contributed by atoms with Crippen molar-refractivity contribution in [1.29, 1.82) is 0 Å². The van der Waals surface area contributed by atoms with E-state index in [9.17, 15) is 4.39 Å². The molecule has 2 aromatic carbocycles. The van der Waals surface area contributed by atoms with Crippen LogP contribution in [0.15, 0.2) is 48.9 Å². The molecule has 0 saturated carbocycles. The highest BCUT2D eigenvalue weighted by atomic mass is 35.5. The Labute approximate surface area is 156 Å². The summed E-state index contributed by atoms with van der Waals surface area (Å²) >= 11 is 12.2. The van der Waals surface area contributed by atoms with Crippen molar-refractivity contribution in [3.63, 3.8) is 0 Å². The van der Waals surface area contributed by atoms with E-state index >= 15 is 0 Å². The van der Waals surface area contributed by atoms with E-state index in [2.05, 4.69) is 18.8 Å². The number of hydrogen-bond acceptors (Lipinski definition) is 2. The summed E-state index contributed by atoms with van der Waals surface area (Å²) in [7, 11) is 1.44. The van der Waals surface area contributed by atoms with Crippen LogP contribution in [0.1, 0.15) is 25.1 Å². The molecule has 0 amide bonds. The molecular weight excluding hydrogens is 362 g/mol. The van der Waals surface area contributed by atoms with Gasteiger partial charge >= 0.3 is 0 Å². The maximum Gasteiger partial charge on any atom is 0.165 e. The fourth-order valence-corrected chi connectivity index (χ4v) is 3.09. The molecule has 3 rings (SSSR count). The Morgan fingerprint density at radius 3 is 2.52 bits per heavy atom. The number of ether oxygens (including phenoxy) is 1. The van der Waals surface area contributed by atoms with E-state index in [1.807, 2.05) is 16.7 Å². The molecule has 0 atom stereocenters. The molecule has 0 aliphatic rings. The van der Waals surface area contributed by atoms with Crippen LogP contribution in [0.3, 0.4) is 0 Å². The van der Waals surface area contributed by atoms with Gasteiger partial charge in [0, 0.05) is 17.7 Å². The number of aromatic nitrogens is 2. The summed E-state index contributed by atoms with van der Waals surface area (Å²) in [5, 5.41) is 1.01. The predicted molar refractivity (Wildman–Crippen MR) is 98.7 cm³/mol. The fourth-order valence-electron chi connectivity index (χ4n) is 2.79. The lowest BCUT2D eigenvalue weighted by atomic mass is 9.81. The summed E-state index contributed by atoms with van der Waals surface area (Å²) < 4.78 is 20.7. The fraction of sp³-hybridized carbons (Fsp3) is 0.211. The molecule has 0 fully saturated rings. The zero-order valence-corrected chi connectivity index (χ0v) is 15.6. The van der Waals surface area contributed by atoms with Gasteiger partial charge < -0.3 is 9.30 Å². The number of imidazole rings is 1. The van der Waals surface area contributed by atoms with Crippen LogP contribution in [0.2, 0.25) is 10.0 Å². The van der Waals surface area contributed by atoms with Gasteiger partial charge in [0.2, 0.25) is 0 Å². The first-order valence-corrected chi connectivity index (χ1v) is 8.42. The summed E-state index contributed by atoms with van der Waals surface area (Å²) in [5.41, 5.74) is 2.29. The topological polar surface area (TPSA) is 27.1 Å². The van der Waals surface area contributed by atoms with Crippen LogP contribution >= 0.6 is 23.2 Å². The third-order valence-electron chi connectivity index (χ3n) is 4.33. The number of hydrogen-bond donors (Lipinski definition) is 0. The lowest BCUT2D eigenvalue weighted by Crippen LogP contribution is -2.22. The summed E-state index contributed by atoms with van der Waals surface area (Å²) in [6, 6.07) is 10.3. The Bertz CT molecular complexity index is 922. The second-order valence-corrected chi connectivity index (χ2v) is 7.04. The van der Waals surface area contributed by atoms with Gasteiger partial charge in [0.15, 0.2) is 11.6 Å². The number of rotatable bonds is 4. The molecule has 0 bridgehead atoms. The lowest BCUT2D eigenvalue weighted by Gasteiger charge is -2.27. The Balaban J connectivity index is 2.10. The third-order valence-corrected chi connectivity index (χ3v) is 5.07. The molecule has 0 aliphatic carbocycles. The zero-order valence-electron chi connectivity index (χ0n) is 14.1. The number of methoxy groups -OCH3 is 1. The normalized spacial score (nSPS) is 11.6. The van der Waals surface area contributed by atoms with Gasteiger partial charge in [-0.15, -0.1) is 0 Å². The minimum absolute atomic E-state index is 0.185. The molecular formula is C19H17Cl2FN2O. The van der Waals surface area contributed by atoms with E-state index in [0.29, 0.717) is 10.0 Å². The van der Waals surface area contributed by atoms with Crippen molar-refractivity contribution >= 4 is 23.2 Å². The molecule has 25 heavy (non-hydrogen) atoms. The molecule has 3 nitrogen and oxygen atoms in total. The number of halogens is 3. The van der Waals surface area contributed by atoms with Crippen molar-refractivity contribution < 1.29 is 9.13 Å². The van der Waals surface area contributed by atoms with E-state index in [4.69, 9.17) is 27.9 Å². The molecule has 0 radical (unpaired) electrons. The molecule has 1 heterocycles. The van der Waals surface area contributed by atoms with E-state index in [0.717, 1.165) is 16.9 Å². The average Bonchev–Trinajstić information content (AvgIpc) is 3.08. The van der Waals surface area contributed by atoms with Gasteiger partial charge in [0.1, 0.15) is 0 Å². The Kier molecular flexibility index (Phi) is 4.76. The van der Waals surface area contributed by atoms with Gasteiger partial charge in [-0.2, -0.15) is 0 Å².